The lowest BCUT2D eigenvalue weighted by Crippen LogP contribution is -2.18. The van der Waals surface area contributed by atoms with E-state index in [2.05, 4.69) is 167 Å². The van der Waals surface area contributed by atoms with Crippen LogP contribution in [0, 0.1) is 46.3 Å². The number of anilines is 6. The van der Waals surface area contributed by atoms with Crippen LogP contribution >= 0.6 is 11.3 Å². The molecule has 0 fully saturated rings. The van der Waals surface area contributed by atoms with Gasteiger partial charge in [0.2, 0.25) is 0 Å². The standard InChI is InChI=1S/C51H52F2N4S/c1-9-55(48-34(5)18-14-19-35(48)6)40-29-25-38(26-30-40)45(39-27-31-41(32-28-39)56(10-2)49-36(7)20-15-21-37(49)8)50-47(46-42(52)22-16-23-43(46)53)54-51(58-50)57(11-3)44-24-13-12-17-33(44)4/h12-32,45H,9-11H2,1-8H3. The molecule has 7 rings (SSSR count). The maximum Gasteiger partial charge on any atom is 0.190 e. The molecule has 1 aromatic heterocycles. The first-order valence-electron chi connectivity index (χ1n) is 20.2. The van der Waals surface area contributed by atoms with Crippen molar-refractivity contribution >= 4 is 44.9 Å². The molecule has 0 N–H and O–H groups in total. The summed E-state index contributed by atoms with van der Waals surface area (Å²) in [7, 11) is 0. The molecule has 0 atom stereocenters. The summed E-state index contributed by atoms with van der Waals surface area (Å²) in [6, 6.07) is 42.4. The largest absolute Gasteiger partial charge is 0.341 e. The van der Waals surface area contributed by atoms with Gasteiger partial charge in [-0.1, -0.05) is 96.3 Å². The first-order chi connectivity index (χ1) is 28.1. The zero-order chi connectivity index (χ0) is 41.1. The highest BCUT2D eigenvalue weighted by Gasteiger charge is 2.30. The third-order valence-corrected chi connectivity index (χ3v) is 12.3. The fraction of sp³-hybridized carbons (Fsp3) is 0.235. The molecule has 4 nitrogen and oxygen atoms in total. The van der Waals surface area contributed by atoms with Crippen molar-refractivity contribution in [2.24, 2.45) is 0 Å². The van der Waals surface area contributed by atoms with Gasteiger partial charge in [0.1, 0.15) is 11.6 Å². The Morgan fingerprint density at radius 1 is 0.500 bits per heavy atom. The Balaban J connectivity index is 1.43. The van der Waals surface area contributed by atoms with E-state index in [9.17, 15) is 0 Å². The summed E-state index contributed by atoms with van der Waals surface area (Å²) in [5, 5.41) is 0.682. The molecule has 7 heteroatoms. The molecule has 1 heterocycles. The van der Waals surface area contributed by atoms with Crippen LogP contribution in [-0.4, -0.2) is 24.6 Å². The van der Waals surface area contributed by atoms with Crippen LogP contribution in [0.25, 0.3) is 11.3 Å². The predicted molar refractivity (Wildman–Crippen MR) is 242 cm³/mol. The third kappa shape index (κ3) is 7.76. The summed E-state index contributed by atoms with van der Waals surface area (Å²) in [6.45, 7) is 19.3. The third-order valence-electron chi connectivity index (χ3n) is 11.2. The van der Waals surface area contributed by atoms with Crippen molar-refractivity contribution in [2.45, 2.75) is 61.3 Å². The van der Waals surface area contributed by atoms with E-state index in [4.69, 9.17) is 4.98 Å². The zero-order valence-corrected chi connectivity index (χ0v) is 35.6. The van der Waals surface area contributed by atoms with E-state index in [-0.39, 0.29) is 11.5 Å². The predicted octanol–water partition coefficient (Wildman–Crippen LogP) is 14.3. The molecule has 0 spiro atoms. The van der Waals surface area contributed by atoms with Crippen LogP contribution in [0.3, 0.4) is 0 Å². The second kappa shape index (κ2) is 17.4. The van der Waals surface area contributed by atoms with Gasteiger partial charge in [0.05, 0.1) is 11.3 Å². The summed E-state index contributed by atoms with van der Waals surface area (Å²) < 4.78 is 32.0. The highest BCUT2D eigenvalue weighted by atomic mass is 32.1. The smallest absolute Gasteiger partial charge is 0.190 e. The average Bonchev–Trinajstić information content (AvgIpc) is 3.63. The quantitative estimate of drug-likeness (QED) is 0.116. The molecule has 0 saturated heterocycles. The van der Waals surface area contributed by atoms with Crippen LogP contribution in [0.5, 0.6) is 0 Å². The van der Waals surface area contributed by atoms with Crippen LogP contribution in [0.4, 0.5) is 42.3 Å². The number of aromatic nitrogens is 1. The minimum Gasteiger partial charge on any atom is -0.341 e. The van der Waals surface area contributed by atoms with Crippen LogP contribution in [-0.2, 0) is 0 Å². The maximum atomic E-state index is 16.0. The fourth-order valence-corrected chi connectivity index (χ4v) is 9.71. The summed E-state index contributed by atoms with van der Waals surface area (Å²) in [5.41, 5.74) is 13.7. The Morgan fingerprint density at radius 3 is 1.34 bits per heavy atom. The lowest BCUT2D eigenvalue weighted by atomic mass is 9.87. The van der Waals surface area contributed by atoms with Crippen molar-refractivity contribution in [1.82, 2.24) is 4.98 Å². The number of thiazole rings is 1. The number of nitrogens with zero attached hydrogens (tertiary/aromatic N) is 4. The van der Waals surface area contributed by atoms with E-state index in [1.807, 2.05) is 12.1 Å². The van der Waals surface area contributed by atoms with Gasteiger partial charge in [0.15, 0.2) is 5.13 Å². The number of para-hydroxylation sites is 3. The van der Waals surface area contributed by atoms with E-state index >= 15 is 8.78 Å². The van der Waals surface area contributed by atoms with Crippen molar-refractivity contribution in [3.05, 3.63) is 183 Å². The number of benzene rings is 6. The van der Waals surface area contributed by atoms with Gasteiger partial charge in [-0.3, -0.25) is 0 Å². The van der Waals surface area contributed by atoms with Gasteiger partial charge in [-0.05, 0) is 137 Å². The molecular formula is C51H52F2N4S. The molecule has 0 amide bonds. The van der Waals surface area contributed by atoms with Crippen LogP contribution < -0.4 is 14.7 Å². The van der Waals surface area contributed by atoms with Crippen LogP contribution in [0.2, 0.25) is 0 Å². The Labute approximate surface area is 347 Å². The molecule has 296 valence electrons. The van der Waals surface area contributed by atoms with Crippen molar-refractivity contribution in [3.63, 3.8) is 0 Å². The van der Waals surface area contributed by atoms with Gasteiger partial charge in [-0.2, -0.15) is 0 Å². The van der Waals surface area contributed by atoms with E-state index in [0.717, 1.165) is 51.7 Å². The molecule has 0 bridgehead atoms. The van der Waals surface area contributed by atoms with Gasteiger partial charge < -0.3 is 14.7 Å². The highest BCUT2D eigenvalue weighted by molar-refractivity contribution is 7.16. The number of aryl methyl sites for hydroxylation is 5. The SMILES string of the molecule is CCN(c1nc(-c2c(F)cccc2F)c(C(c2ccc(N(CC)c3c(C)cccc3C)cc2)c2ccc(N(CC)c3c(C)cccc3C)cc2)s1)c1ccccc1C. The molecule has 0 saturated carbocycles. The van der Waals surface area contributed by atoms with Gasteiger partial charge in [0, 0.05) is 58.9 Å². The Bertz CT molecular complexity index is 2360. The number of rotatable bonds is 13. The van der Waals surface area contributed by atoms with E-state index < -0.39 is 11.6 Å². The van der Waals surface area contributed by atoms with E-state index in [0.29, 0.717) is 17.4 Å². The Hall–Kier alpha value is -5.79. The van der Waals surface area contributed by atoms with Crippen molar-refractivity contribution in [1.29, 1.82) is 0 Å². The van der Waals surface area contributed by atoms with Crippen molar-refractivity contribution < 1.29 is 8.78 Å². The first-order valence-corrected chi connectivity index (χ1v) is 21.0. The number of hydrogen-bond donors (Lipinski definition) is 0. The summed E-state index contributed by atoms with van der Waals surface area (Å²) >= 11 is 1.50. The van der Waals surface area contributed by atoms with Crippen LogP contribution in [0.15, 0.2) is 127 Å². The van der Waals surface area contributed by atoms with Gasteiger partial charge >= 0.3 is 0 Å². The molecular weight excluding hydrogens is 739 g/mol. The Morgan fingerprint density at radius 2 is 0.914 bits per heavy atom. The zero-order valence-electron chi connectivity index (χ0n) is 34.8. The van der Waals surface area contributed by atoms with E-state index in [1.54, 1.807) is 0 Å². The topological polar surface area (TPSA) is 22.6 Å². The molecule has 0 aliphatic heterocycles. The first kappa shape index (κ1) is 40.4. The van der Waals surface area contributed by atoms with Crippen molar-refractivity contribution in [3.8, 4) is 11.3 Å². The van der Waals surface area contributed by atoms with Gasteiger partial charge in [0.25, 0.3) is 0 Å². The van der Waals surface area contributed by atoms with Crippen molar-refractivity contribution in [2.75, 3.05) is 34.3 Å². The Kier molecular flexibility index (Phi) is 12.1. The van der Waals surface area contributed by atoms with E-state index in [1.165, 1.54) is 63.2 Å². The summed E-state index contributed by atoms with van der Waals surface area (Å²) in [6.07, 6.45) is 0. The summed E-state index contributed by atoms with van der Waals surface area (Å²) in [4.78, 5) is 12.8. The molecule has 0 radical (unpaired) electrons. The minimum atomic E-state index is -0.638. The average molecular weight is 791 g/mol. The molecule has 0 unspecified atom stereocenters. The maximum absolute atomic E-state index is 16.0. The lowest BCUT2D eigenvalue weighted by Gasteiger charge is -2.28. The molecule has 0 aliphatic carbocycles. The monoisotopic (exact) mass is 790 g/mol. The summed E-state index contributed by atoms with van der Waals surface area (Å²) in [5.74, 6) is -1.66. The number of hydrogen-bond acceptors (Lipinski definition) is 5. The molecule has 7 aromatic rings. The van der Waals surface area contributed by atoms with Crippen LogP contribution in [0.1, 0.15) is 70.5 Å². The fourth-order valence-electron chi connectivity index (χ4n) is 8.40. The van der Waals surface area contributed by atoms with Gasteiger partial charge in [-0.15, -0.1) is 0 Å². The minimum absolute atomic E-state index is 0.113. The number of halogens is 2. The molecule has 6 aromatic carbocycles. The normalized spacial score (nSPS) is 11.3. The second-order valence-electron chi connectivity index (χ2n) is 14.9. The van der Waals surface area contributed by atoms with Gasteiger partial charge in [-0.25, -0.2) is 13.8 Å². The lowest BCUT2D eigenvalue weighted by molar-refractivity contribution is 0.588. The molecule has 0 aliphatic rings. The molecule has 58 heavy (non-hydrogen) atoms. The second-order valence-corrected chi connectivity index (χ2v) is 15.9. The highest BCUT2D eigenvalue weighted by Crippen LogP contribution is 2.47.